The molecule has 4 nitrogen and oxygen atoms in total. The van der Waals surface area contributed by atoms with Gasteiger partial charge < -0.3 is 0 Å². The molecule has 142 valence electrons. The summed E-state index contributed by atoms with van der Waals surface area (Å²) in [6, 6.07) is 19.9. The zero-order valence-corrected chi connectivity index (χ0v) is 17.1. The highest BCUT2D eigenvalue weighted by Gasteiger charge is 2.40. The lowest BCUT2D eigenvalue weighted by Gasteiger charge is -2.28. The molecule has 0 saturated carbocycles. The zero-order valence-electron chi connectivity index (χ0n) is 15.4. The fraction of sp³-hybridized carbons (Fsp3) is 0.136. The van der Waals surface area contributed by atoms with Crippen molar-refractivity contribution in [2.45, 2.75) is 17.9 Å². The standard InChI is InChI=1S/C22H20N2O2S2/c1-16-10-12-19(13-11-16)28(25,26)24-20(17(2)18-7-4-3-5-8-18)15-23-22(24)21-9-6-14-27-21/h3-14,20H,2,15H2,1H3. The fourth-order valence-corrected chi connectivity index (χ4v) is 5.67. The van der Waals surface area contributed by atoms with Crippen LogP contribution in [-0.4, -0.2) is 31.1 Å². The number of thiophene rings is 1. The van der Waals surface area contributed by atoms with Crippen molar-refractivity contribution >= 4 is 32.8 Å². The minimum Gasteiger partial charge on any atom is -0.264 e. The molecule has 3 aromatic rings. The first kappa shape index (κ1) is 18.7. The van der Waals surface area contributed by atoms with Gasteiger partial charge in [-0.05, 0) is 41.6 Å². The summed E-state index contributed by atoms with van der Waals surface area (Å²) in [5.41, 5.74) is 2.67. The highest BCUT2D eigenvalue weighted by atomic mass is 32.2. The molecule has 0 aliphatic carbocycles. The smallest absolute Gasteiger partial charge is 0.264 e. The maximum absolute atomic E-state index is 13.6. The maximum atomic E-state index is 13.6. The van der Waals surface area contributed by atoms with E-state index in [0.29, 0.717) is 12.4 Å². The second kappa shape index (κ2) is 7.37. The molecule has 0 amide bonds. The van der Waals surface area contributed by atoms with Gasteiger partial charge in [-0.15, -0.1) is 11.3 Å². The van der Waals surface area contributed by atoms with Gasteiger partial charge in [-0.25, -0.2) is 12.7 Å². The summed E-state index contributed by atoms with van der Waals surface area (Å²) in [4.78, 5) is 5.70. The Morgan fingerprint density at radius 1 is 1.07 bits per heavy atom. The van der Waals surface area contributed by atoms with Gasteiger partial charge in [0, 0.05) is 0 Å². The molecule has 1 aromatic heterocycles. The Balaban J connectivity index is 1.80. The maximum Gasteiger partial charge on any atom is 0.266 e. The van der Waals surface area contributed by atoms with Crippen molar-refractivity contribution in [2.75, 3.05) is 6.54 Å². The molecule has 1 atom stereocenters. The van der Waals surface area contributed by atoms with E-state index in [1.165, 1.54) is 15.6 Å². The highest BCUT2D eigenvalue weighted by molar-refractivity contribution is 7.89. The average molecular weight is 409 g/mol. The first-order chi connectivity index (χ1) is 13.5. The second-order valence-electron chi connectivity index (χ2n) is 6.66. The van der Waals surface area contributed by atoms with Gasteiger partial charge in [0.15, 0.2) is 5.84 Å². The predicted octanol–water partition coefficient (Wildman–Crippen LogP) is 4.59. The number of nitrogens with zero attached hydrogens (tertiary/aromatic N) is 2. The monoisotopic (exact) mass is 408 g/mol. The molecule has 2 heterocycles. The van der Waals surface area contributed by atoms with Gasteiger partial charge in [-0.2, -0.15) is 0 Å². The number of aryl methyl sites for hydroxylation is 1. The van der Waals surface area contributed by atoms with Crippen molar-refractivity contribution < 1.29 is 8.42 Å². The third-order valence-electron chi connectivity index (χ3n) is 4.77. The Morgan fingerprint density at radius 3 is 2.43 bits per heavy atom. The van der Waals surface area contributed by atoms with E-state index in [-0.39, 0.29) is 4.90 Å². The van der Waals surface area contributed by atoms with E-state index in [4.69, 9.17) is 0 Å². The first-order valence-electron chi connectivity index (χ1n) is 8.92. The van der Waals surface area contributed by atoms with E-state index < -0.39 is 16.1 Å². The number of benzene rings is 2. The van der Waals surface area contributed by atoms with Gasteiger partial charge in [-0.3, -0.25) is 4.99 Å². The van der Waals surface area contributed by atoms with E-state index >= 15 is 0 Å². The number of amidine groups is 1. The molecule has 28 heavy (non-hydrogen) atoms. The van der Waals surface area contributed by atoms with Gasteiger partial charge in [-0.1, -0.05) is 60.7 Å². The Morgan fingerprint density at radius 2 is 1.79 bits per heavy atom. The molecular weight excluding hydrogens is 388 g/mol. The summed E-state index contributed by atoms with van der Waals surface area (Å²) < 4.78 is 28.7. The summed E-state index contributed by atoms with van der Waals surface area (Å²) in [5, 5.41) is 1.92. The summed E-state index contributed by atoms with van der Waals surface area (Å²) >= 11 is 1.48. The van der Waals surface area contributed by atoms with Crippen molar-refractivity contribution in [3.63, 3.8) is 0 Å². The molecule has 1 unspecified atom stereocenters. The lowest BCUT2D eigenvalue weighted by atomic mass is 10.0. The van der Waals surface area contributed by atoms with E-state index in [1.54, 1.807) is 12.1 Å². The van der Waals surface area contributed by atoms with Crippen LogP contribution in [0.15, 0.2) is 88.6 Å². The second-order valence-corrected chi connectivity index (χ2v) is 9.43. The Kier molecular flexibility index (Phi) is 4.91. The van der Waals surface area contributed by atoms with Crippen molar-refractivity contribution in [1.82, 2.24) is 4.31 Å². The number of hydrogen-bond donors (Lipinski definition) is 0. The quantitative estimate of drug-likeness (QED) is 0.620. The molecule has 0 radical (unpaired) electrons. The van der Waals surface area contributed by atoms with Crippen LogP contribution in [-0.2, 0) is 10.0 Å². The molecule has 1 aliphatic heterocycles. The van der Waals surface area contributed by atoms with Crippen LogP contribution < -0.4 is 0 Å². The summed E-state index contributed by atoms with van der Waals surface area (Å²) in [6.07, 6.45) is 0. The van der Waals surface area contributed by atoms with Crippen LogP contribution in [0.2, 0.25) is 0 Å². The van der Waals surface area contributed by atoms with Crippen molar-refractivity contribution in [1.29, 1.82) is 0 Å². The summed E-state index contributed by atoms with van der Waals surface area (Å²) in [6.45, 7) is 6.51. The third kappa shape index (κ3) is 3.30. The van der Waals surface area contributed by atoms with Crippen LogP contribution in [0.25, 0.3) is 5.57 Å². The van der Waals surface area contributed by atoms with E-state index in [2.05, 4.69) is 11.6 Å². The van der Waals surface area contributed by atoms with Crippen LogP contribution in [0.5, 0.6) is 0 Å². The fourth-order valence-electron chi connectivity index (χ4n) is 3.26. The topological polar surface area (TPSA) is 49.7 Å². The minimum absolute atomic E-state index is 0.259. The van der Waals surface area contributed by atoms with Crippen LogP contribution in [0.4, 0.5) is 0 Å². The third-order valence-corrected chi connectivity index (χ3v) is 7.45. The lowest BCUT2D eigenvalue weighted by molar-refractivity contribution is 0.509. The molecule has 0 fully saturated rings. The molecule has 1 aliphatic rings. The molecule has 2 aromatic carbocycles. The molecular formula is C22H20N2O2S2. The number of sulfonamides is 1. The minimum atomic E-state index is -3.78. The SMILES string of the molecule is C=C(c1ccccc1)C1CN=C(c2cccs2)N1S(=O)(=O)c1ccc(C)cc1. The Bertz CT molecular complexity index is 1120. The lowest BCUT2D eigenvalue weighted by Crippen LogP contribution is -2.42. The molecule has 0 saturated heterocycles. The molecule has 0 bridgehead atoms. The number of hydrogen-bond acceptors (Lipinski definition) is 4. The summed E-state index contributed by atoms with van der Waals surface area (Å²) in [5.74, 6) is 0.484. The average Bonchev–Trinajstić information content (AvgIpc) is 3.38. The van der Waals surface area contributed by atoms with E-state index in [1.807, 2.05) is 66.9 Å². The van der Waals surface area contributed by atoms with Crippen LogP contribution >= 0.6 is 11.3 Å². The Labute approximate surface area is 169 Å². The first-order valence-corrected chi connectivity index (χ1v) is 11.2. The summed E-state index contributed by atoms with van der Waals surface area (Å²) in [7, 11) is -3.78. The van der Waals surface area contributed by atoms with Crippen molar-refractivity contribution in [2.24, 2.45) is 4.99 Å². The van der Waals surface area contributed by atoms with Crippen LogP contribution in [0.1, 0.15) is 16.0 Å². The molecule has 6 heteroatoms. The van der Waals surface area contributed by atoms with E-state index in [0.717, 1.165) is 21.6 Å². The Hall–Kier alpha value is -2.70. The number of rotatable bonds is 5. The van der Waals surface area contributed by atoms with Gasteiger partial charge in [0.05, 0.1) is 22.4 Å². The zero-order chi connectivity index (χ0) is 19.7. The number of aliphatic imine (C=N–C) groups is 1. The van der Waals surface area contributed by atoms with Crippen molar-refractivity contribution in [3.05, 3.63) is 94.7 Å². The van der Waals surface area contributed by atoms with Gasteiger partial charge in [0.1, 0.15) is 0 Å². The van der Waals surface area contributed by atoms with Gasteiger partial charge in [0.25, 0.3) is 10.0 Å². The normalized spacial score (nSPS) is 16.8. The highest BCUT2D eigenvalue weighted by Crippen LogP contribution is 2.33. The van der Waals surface area contributed by atoms with Crippen LogP contribution in [0.3, 0.4) is 0 Å². The van der Waals surface area contributed by atoms with E-state index in [9.17, 15) is 8.42 Å². The van der Waals surface area contributed by atoms with Gasteiger partial charge in [0.2, 0.25) is 0 Å². The molecule has 4 rings (SSSR count). The van der Waals surface area contributed by atoms with Crippen molar-refractivity contribution in [3.8, 4) is 0 Å². The van der Waals surface area contributed by atoms with Gasteiger partial charge >= 0.3 is 0 Å². The van der Waals surface area contributed by atoms with Crippen LogP contribution in [0, 0.1) is 6.92 Å². The molecule has 0 spiro atoms. The molecule has 0 N–H and O–H groups in total. The predicted molar refractivity (Wildman–Crippen MR) is 115 cm³/mol. The largest absolute Gasteiger partial charge is 0.266 e.